The van der Waals surface area contributed by atoms with E-state index in [1.165, 1.54) is 77.0 Å². The van der Waals surface area contributed by atoms with Crippen molar-refractivity contribution in [1.29, 1.82) is 0 Å². The second-order valence-electron chi connectivity index (χ2n) is 17.8. The highest BCUT2D eigenvalue weighted by Crippen LogP contribution is 2.40. The molecule has 0 fully saturated rings. The first-order valence-corrected chi connectivity index (χ1v) is 23.7. The molecule has 0 radical (unpaired) electrons. The summed E-state index contributed by atoms with van der Waals surface area (Å²) in [4.78, 5) is 2.35. The molecular weight excluding hydrogens is 835 g/mol. The number of para-hydroxylation sites is 4. The predicted molar refractivity (Wildman–Crippen MR) is 292 cm³/mol. The van der Waals surface area contributed by atoms with E-state index in [9.17, 15) is 0 Å². The first kappa shape index (κ1) is 40.1. The Hall–Kier alpha value is -9.18. The lowest BCUT2D eigenvalue weighted by molar-refractivity contribution is 1.18. The van der Waals surface area contributed by atoms with Gasteiger partial charge in [0, 0.05) is 50.0 Å². The summed E-state index contributed by atoms with van der Waals surface area (Å²) in [6.07, 6.45) is 0. The van der Waals surface area contributed by atoms with Crippen molar-refractivity contribution in [3.05, 3.63) is 273 Å². The van der Waals surface area contributed by atoms with Crippen LogP contribution in [0.4, 0.5) is 17.1 Å². The average Bonchev–Trinajstić information content (AvgIpc) is 3.95. The molecule has 0 aliphatic heterocycles. The van der Waals surface area contributed by atoms with Crippen molar-refractivity contribution in [2.24, 2.45) is 0 Å². The van der Waals surface area contributed by atoms with E-state index in [-0.39, 0.29) is 0 Å². The summed E-state index contributed by atoms with van der Waals surface area (Å²) in [5, 5.41) is 5.06. The zero-order chi connectivity index (χ0) is 45.7. The van der Waals surface area contributed by atoms with E-state index in [2.05, 4.69) is 287 Å². The van der Waals surface area contributed by atoms with E-state index < -0.39 is 0 Å². The Morgan fingerprint density at radius 1 is 0.203 bits per heavy atom. The number of aromatic nitrogens is 2. The molecule has 0 atom stereocenters. The van der Waals surface area contributed by atoms with Crippen LogP contribution in [0.5, 0.6) is 0 Å². The van der Waals surface area contributed by atoms with Crippen molar-refractivity contribution in [2.75, 3.05) is 4.90 Å². The summed E-state index contributed by atoms with van der Waals surface area (Å²) in [5.41, 5.74) is 19.8. The molecule has 0 amide bonds. The minimum Gasteiger partial charge on any atom is -0.311 e. The van der Waals surface area contributed by atoms with Crippen LogP contribution in [0.15, 0.2) is 273 Å². The summed E-state index contributed by atoms with van der Waals surface area (Å²) in [6.45, 7) is 0. The monoisotopic (exact) mass is 879 g/mol. The number of rotatable bonds is 9. The van der Waals surface area contributed by atoms with E-state index in [4.69, 9.17) is 0 Å². The van der Waals surface area contributed by atoms with Crippen molar-refractivity contribution >= 4 is 60.7 Å². The minimum atomic E-state index is 1.09. The Balaban J connectivity index is 0.836. The van der Waals surface area contributed by atoms with Gasteiger partial charge in [-0.25, -0.2) is 0 Å². The molecule has 0 saturated carbocycles. The lowest BCUT2D eigenvalue weighted by atomic mass is 9.98. The Labute approximate surface area is 401 Å². The highest BCUT2D eigenvalue weighted by molar-refractivity contribution is 6.10. The fourth-order valence-electron chi connectivity index (χ4n) is 10.4. The van der Waals surface area contributed by atoms with Gasteiger partial charge in [-0.3, -0.25) is 0 Å². The maximum absolute atomic E-state index is 2.39. The topological polar surface area (TPSA) is 13.1 Å². The number of fused-ring (bicyclic) bond motifs is 6. The maximum Gasteiger partial charge on any atom is 0.0541 e. The zero-order valence-electron chi connectivity index (χ0n) is 37.8. The van der Waals surface area contributed by atoms with Crippen LogP contribution in [-0.4, -0.2) is 9.13 Å². The van der Waals surface area contributed by atoms with E-state index in [1.807, 2.05) is 0 Å². The molecule has 2 heterocycles. The van der Waals surface area contributed by atoms with Gasteiger partial charge >= 0.3 is 0 Å². The number of hydrogen-bond acceptors (Lipinski definition) is 1. The molecule has 3 heteroatoms. The highest BCUT2D eigenvalue weighted by Gasteiger charge is 2.17. The van der Waals surface area contributed by atoms with Gasteiger partial charge in [0.15, 0.2) is 0 Å². The highest BCUT2D eigenvalue weighted by atomic mass is 15.1. The van der Waals surface area contributed by atoms with Gasteiger partial charge in [0.05, 0.1) is 22.1 Å². The van der Waals surface area contributed by atoms with Gasteiger partial charge in [-0.2, -0.15) is 0 Å². The van der Waals surface area contributed by atoms with Crippen LogP contribution in [0, 0.1) is 0 Å². The van der Waals surface area contributed by atoms with Gasteiger partial charge in [-0.15, -0.1) is 0 Å². The summed E-state index contributed by atoms with van der Waals surface area (Å²) in [5.74, 6) is 0. The lowest BCUT2D eigenvalue weighted by Gasteiger charge is -2.26. The van der Waals surface area contributed by atoms with E-state index >= 15 is 0 Å². The molecule has 0 spiro atoms. The molecule has 0 aliphatic rings. The summed E-state index contributed by atoms with van der Waals surface area (Å²) < 4.78 is 4.77. The molecule has 11 aromatic carbocycles. The van der Waals surface area contributed by atoms with Gasteiger partial charge in [0.2, 0.25) is 0 Å². The van der Waals surface area contributed by atoms with Crippen molar-refractivity contribution in [3.8, 4) is 55.9 Å². The number of anilines is 3. The summed E-state index contributed by atoms with van der Waals surface area (Å²) in [6, 6.07) is 99.0. The van der Waals surface area contributed by atoms with Gasteiger partial charge in [-0.05, 0) is 136 Å². The van der Waals surface area contributed by atoms with Crippen molar-refractivity contribution in [1.82, 2.24) is 9.13 Å². The Morgan fingerprint density at radius 3 is 0.884 bits per heavy atom. The van der Waals surface area contributed by atoms with Crippen LogP contribution in [0.2, 0.25) is 0 Å². The summed E-state index contributed by atoms with van der Waals surface area (Å²) >= 11 is 0. The summed E-state index contributed by atoms with van der Waals surface area (Å²) in [7, 11) is 0. The molecule has 69 heavy (non-hydrogen) atoms. The average molecular weight is 880 g/mol. The molecule has 3 nitrogen and oxygen atoms in total. The van der Waals surface area contributed by atoms with Crippen LogP contribution < -0.4 is 4.90 Å². The van der Waals surface area contributed by atoms with Crippen molar-refractivity contribution in [3.63, 3.8) is 0 Å². The number of benzene rings is 11. The molecule has 0 unspecified atom stereocenters. The molecule has 324 valence electrons. The van der Waals surface area contributed by atoms with Crippen LogP contribution >= 0.6 is 0 Å². The third-order valence-electron chi connectivity index (χ3n) is 13.7. The van der Waals surface area contributed by atoms with E-state index in [0.717, 1.165) is 39.6 Å². The standard InChI is InChI=1S/C66H45N3/c1-2-15-46(16-3-1)47-31-37-54(38-32-47)67(56-41-35-49(36-42-56)52-19-13-21-57(44-52)68-63-27-8-4-23-59(63)60-24-5-9-28-64(60)68)55-39-33-48(34-40-55)50-17-12-18-51(43-50)53-20-14-22-58(45-53)69-65-29-10-6-25-61(65)62-26-7-11-30-66(62)69/h1-45H. The van der Waals surface area contributed by atoms with Crippen LogP contribution in [-0.2, 0) is 0 Å². The van der Waals surface area contributed by atoms with Crippen molar-refractivity contribution in [2.45, 2.75) is 0 Å². The second-order valence-corrected chi connectivity index (χ2v) is 17.8. The van der Waals surface area contributed by atoms with E-state index in [1.54, 1.807) is 0 Å². The fourth-order valence-corrected chi connectivity index (χ4v) is 10.4. The molecule has 0 aliphatic carbocycles. The Kier molecular flexibility index (Phi) is 9.84. The van der Waals surface area contributed by atoms with Crippen LogP contribution in [0.25, 0.3) is 99.5 Å². The van der Waals surface area contributed by atoms with Gasteiger partial charge in [0.25, 0.3) is 0 Å². The van der Waals surface area contributed by atoms with Gasteiger partial charge in [-0.1, -0.05) is 182 Å². The molecule has 13 rings (SSSR count). The van der Waals surface area contributed by atoms with Crippen LogP contribution in [0.3, 0.4) is 0 Å². The number of hydrogen-bond donors (Lipinski definition) is 0. The Morgan fingerprint density at radius 2 is 0.478 bits per heavy atom. The first-order valence-electron chi connectivity index (χ1n) is 23.7. The Bertz CT molecular complexity index is 3880. The zero-order valence-corrected chi connectivity index (χ0v) is 37.8. The van der Waals surface area contributed by atoms with Crippen LogP contribution in [0.1, 0.15) is 0 Å². The molecule has 0 saturated heterocycles. The first-order chi connectivity index (χ1) is 34.2. The third kappa shape index (κ3) is 7.16. The van der Waals surface area contributed by atoms with E-state index in [0.29, 0.717) is 0 Å². The molecule has 0 N–H and O–H groups in total. The second kappa shape index (κ2) is 16.9. The maximum atomic E-state index is 2.39. The van der Waals surface area contributed by atoms with Crippen molar-refractivity contribution < 1.29 is 0 Å². The molecule has 13 aromatic rings. The number of nitrogens with zero attached hydrogens (tertiary/aromatic N) is 3. The SMILES string of the molecule is c1ccc(-c2ccc(N(c3ccc(-c4cccc(-c5cccc(-n6c7ccccc7c7ccccc76)c5)c4)cc3)c3ccc(-c4cccc(-n5c6ccccc6c6ccccc65)c4)cc3)cc2)cc1. The third-order valence-corrected chi connectivity index (χ3v) is 13.7. The quantitative estimate of drug-likeness (QED) is 0.141. The fraction of sp³-hybridized carbons (Fsp3) is 0. The molecular formula is C66H45N3. The normalized spacial score (nSPS) is 11.5. The minimum absolute atomic E-state index is 1.09. The van der Waals surface area contributed by atoms with Gasteiger partial charge < -0.3 is 14.0 Å². The predicted octanol–water partition coefficient (Wildman–Crippen LogP) is 18.0. The molecule has 2 aromatic heterocycles. The largest absolute Gasteiger partial charge is 0.311 e. The lowest BCUT2D eigenvalue weighted by Crippen LogP contribution is -2.09. The molecule has 0 bridgehead atoms. The van der Waals surface area contributed by atoms with Gasteiger partial charge in [0.1, 0.15) is 0 Å². The smallest absolute Gasteiger partial charge is 0.0541 e.